The summed E-state index contributed by atoms with van der Waals surface area (Å²) in [6.45, 7) is 8.39. The second-order valence-electron chi connectivity index (χ2n) is 6.93. The molecule has 24 heavy (non-hydrogen) atoms. The molecule has 4 nitrogen and oxygen atoms in total. The van der Waals surface area contributed by atoms with Gasteiger partial charge in [-0.25, -0.2) is 4.39 Å². The molecule has 0 aromatic heterocycles. The summed E-state index contributed by atoms with van der Waals surface area (Å²) in [5.74, 6) is 0.753. The molecule has 2 fully saturated rings. The van der Waals surface area contributed by atoms with E-state index in [0.29, 0.717) is 18.3 Å². The Morgan fingerprint density at radius 3 is 3.00 bits per heavy atom. The molecule has 1 aromatic carbocycles. The molecule has 2 aliphatic rings. The zero-order valence-electron chi connectivity index (χ0n) is 14.6. The number of rotatable bonds is 8. The van der Waals surface area contributed by atoms with Gasteiger partial charge in [0.15, 0.2) is 11.6 Å². The Kier molecular flexibility index (Phi) is 6.46. The Balaban J connectivity index is 1.43. The minimum atomic E-state index is -0.258. The maximum atomic E-state index is 14.2. The fourth-order valence-electron chi connectivity index (χ4n) is 2.97. The van der Waals surface area contributed by atoms with Crippen LogP contribution in [0.2, 0.25) is 0 Å². The number of nitrogens with zero attached hydrogens (tertiary/aromatic N) is 1. The first-order valence-electron chi connectivity index (χ1n) is 9.18. The van der Waals surface area contributed by atoms with Crippen LogP contribution in [0.25, 0.3) is 0 Å². The molecule has 0 spiro atoms. The first kappa shape index (κ1) is 17.6. The maximum Gasteiger partial charge on any atom is 0.165 e. The van der Waals surface area contributed by atoms with Crippen molar-refractivity contribution in [2.24, 2.45) is 5.92 Å². The van der Waals surface area contributed by atoms with E-state index in [0.717, 1.165) is 51.4 Å². The van der Waals surface area contributed by atoms with Crippen molar-refractivity contribution in [1.82, 2.24) is 10.2 Å². The van der Waals surface area contributed by atoms with Crippen LogP contribution in [-0.4, -0.2) is 50.9 Å². The summed E-state index contributed by atoms with van der Waals surface area (Å²) in [5.41, 5.74) is 0.963. The first-order chi connectivity index (χ1) is 11.7. The van der Waals surface area contributed by atoms with Gasteiger partial charge in [0.25, 0.3) is 0 Å². The second-order valence-corrected chi connectivity index (χ2v) is 6.93. The Morgan fingerprint density at radius 1 is 1.33 bits per heavy atom. The average Bonchev–Trinajstić information content (AvgIpc) is 3.41. The fraction of sp³-hybridized carbons (Fsp3) is 0.684. The van der Waals surface area contributed by atoms with Crippen molar-refractivity contribution in [3.8, 4) is 5.75 Å². The molecule has 1 atom stereocenters. The van der Waals surface area contributed by atoms with Crippen LogP contribution in [0, 0.1) is 11.7 Å². The van der Waals surface area contributed by atoms with E-state index in [9.17, 15) is 4.39 Å². The molecule has 1 aromatic rings. The van der Waals surface area contributed by atoms with E-state index in [1.165, 1.54) is 12.8 Å². The molecule has 0 radical (unpaired) electrons. The van der Waals surface area contributed by atoms with Crippen molar-refractivity contribution in [3.05, 3.63) is 29.6 Å². The van der Waals surface area contributed by atoms with Crippen LogP contribution >= 0.6 is 0 Å². The summed E-state index contributed by atoms with van der Waals surface area (Å²) in [4.78, 5) is 2.42. The highest BCUT2D eigenvalue weighted by Crippen LogP contribution is 2.30. The highest BCUT2D eigenvalue weighted by molar-refractivity contribution is 5.31. The SMILES string of the molecule is CC(NCCN1CCCOCC1)c1ccc(OCC2CC2)c(F)c1. The summed E-state index contributed by atoms with van der Waals surface area (Å²) in [6, 6.07) is 5.44. The molecule has 0 bridgehead atoms. The van der Waals surface area contributed by atoms with Gasteiger partial charge in [0, 0.05) is 38.8 Å². The van der Waals surface area contributed by atoms with E-state index in [4.69, 9.17) is 9.47 Å². The van der Waals surface area contributed by atoms with Crippen molar-refractivity contribution in [2.75, 3.05) is 46.0 Å². The third-order valence-corrected chi connectivity index (χ3v) is 4.82. The number of hydrogen-bond donors (Lipinski definition) is 1. The average molecular weight is 336 g/mol. The molecule has 1 aliphatic heterocycles. The third-order valence-electron chi connectivity index (χ3n) is 4.82. The quantitative estimate of drug-likeness (QED) is 0.791. The molecule has 1 unspecified atom stereocenters. The van der Waals surface area contributed by atoms with Gasteiger partial charge in [-0.1, -0.05) is 6.07 Å². The minimum absolute atomic E-state index is 0.125. The minimum Gasteiger partial charge on any atom is -0.490 e. The van der Waals surface area contributed by atoms with E-state index in [2.05, 4.69) is 17.1 Å². The maximum absolute atomic E-state index is 14.2. The van der Waals surface area contributed by atoms with Crippen LogP contribution in [0.4, 0.5) is 4.39 Å². The zero-order chi connectivity index (χ0) is 16.8. The van der Waals surface area contributed by atoms with Crippen LogP contribution in [-0.2, 0) is 4.74 Å². The lowest BCUT2D eigenvalue weighted by atomic mass is 10.1. The predicted molar refractivity (Wildman–Crippen MR) is 92.9 cm³/mol. The molecule has 3 rings (SSSR count). The highest BCUT2D eigenvalue weighted by atomic mass is 19.1. The van der Waals surface area contributed by atoms with E-state index in [1.54, 1.807) is 12.1 Å². The predicted octanol–water partition coefficient (Wildman–Crippen LogP) is 2.99. The van der Waals surface area contributed by atoms with Gasteiger partial charge in [0.1, 0.15) is 0 Å². The fourth-order valence-corrected chi connectivity index (χ4v) is 2.97. The van der Waals surface area contributed by atoms with Crippen LogP contribution in [0.1, 0.15) is 37.8 Å². The smallest absolute Gasteiger partial charge is 0.165 e. The van der Waals surface area contributed by atoms with Crippen molar-refractivity contribution in [1.29, 1.82) is 0 Å². The molecule has 1 aliphatic carbocycles. The Hall–Kier alpha value is -1.17. The van der Waals surface area contributed by atoms with E-state index >= 15 is 0 Å². The summed E-state index contributed by atoms with van der Waals surface area (Å²) in [6.07, 6.45) is 3.52. The number of benzene rings is 1. The van der Waals surface area contributed by atoms with Gasteiger partial charge in [-0.3, -0.25) is 4.90 Å². The van der Waals surface area contributed by atoms with Gasteiger partial charge in [-0.15, -0.1) is 0 Å². The van der Waals surface area contributed by atoms with E-state index in [-0.39, 0.29) is 11.9 Å². The monoisotopic (exact) mass is 336 g/mol. The highest BCUT2D eigenvalue weighted by Gasteiger charge is 2.22. The summed E-state index contributed by atoms with van der Waals surface area (Å²) >= 11 is 0. The Bertz CT molecular complexity index is 514. The molecule has 0 amide bonds. The first-order valence-corrected chi connectivity index (χ1v) is 9.18. The molecular weight excluding hydrogens is 307 g/mol. The molecule has 1 N–H and O–H groups in total. The lowest BCUT2D eigenvalue weighted by molar-refractivity contribution is 0.141. The second kappa shape index (κ2) is 8.79. The zero-order valence-corrected chi connectivity index (χ0v) is 14.6. The molecular formula is C19H29FN2O2. The molecule has 134 valence electrons. The molecule has 1 saturated carbocycles. The standard InChI is InChI=1S/C19H29FN2O2/c1-15(21-7-9-22-8-2-11-23-12-10-22)17-5-6-19(18(20)13-17)24-14-16-3-4-16/h5-6,13,15-16,21H,2-4,7-12,14H2,1H3. The van der Waals surface area contributed by atoms with E-state index < -0.39 is 0 Å². The van der Waals surface area contributed by atoms with Crippen molar-refractivity contribution >= 4 is 0 Å². The van der Waals surface area contributed by atoms with Gasteiger partial charge in [-0.05, 0) is 49.8 Å². The van der Waals surface area contributed by atoms with Gasteiger partial charge in [-0.2, -0.15) is 0 Å². The van der Waals surface area contributed by atoms with Gasteiger partial charge >= 0.3 is 0 Å². The Labute approximate surface area is 144 Å². The summed E-state index contributed by atoms with van der Waals surface area (Å²) < 4.78 is 25.2. The lowest BCUT2D eigenvalue weighted by Gasteiger charge is -2.21. The van der Waals surface area contributed by atoms with Gasteiger partial charge in [0.2, 0.25) is 0 Å². The van der Waals surface area contributed by atoms with Crippen molar-refractivity contribution < 1.29 is 13.9 Å². The van der Waals surface area contributed by atoms with Crippen LogP contribution in [0.3, 0.4) is 0 Å². The topological polar surface area (TPSA) is 33.7 Å². The van der Waals surface area contributed by atoms with Crippen molar-refractivity contribution in [3.63, 3.8) is 0 Å². The van der Waals surface area contributed by atoms with Crippen molar-refractivity contribution in [2.45, 2.75) is 32.2 Å². The van der Waals surface area contributed by atoms with Gasteiger partial charge in [0.05, 0.1) is 13.2 Å². The number of ether oxygens (including phenoxy) is 2. The van der Waals surface area contributed by atoms with Crippen LogP contribution in [0.15, 0.2) is 18.2 Å². The molecule has 1 saturated heterocycles. The molecule has 1 heterocycles. The third kappa shape index (κ3) is 5.43. The van der Waals surface area contributed by atoms with E-state index in [1.807, 2.05) is 6.07 Å². The largest absolute Gasteiger partial charge is 0.490 e. The molecule has 5 heteroatoms. The lowest BCUT2D eigenvalue weighted by Crippen LogP contribution is -2.34. The number of hydrogen-bond acceptors (Lipinski definition) is 4. The number of halogens is 1. The van der Waals surface area contributed by atoms with Crippen LogP contribution < -0.4 is 10.1 Å². The summed E-state index contributed by atoms with van der Waals surface area (Å²) in [5, 5.41) is 3.48. The summed E-state index contributed by atoms with van der Waals surface area (Å²) in [7, 11) is 0. The van der Waals surface area contributed by atoms with Crippen LogP contribution in [0.5, 0.6) is 5.75 Å². The number of nitrogens with one attached hydrogen (secondary N) is 1. The Morgan fingerprint density at radius 2 is 2.21 bits per heavy atom. The van der Waals surface area contributed by atoms with Gasteiger partial charge < -0.3 is 14.8 Å². The normalized spacial score (nSPS) is 20.6.